The summed E-state index contributed by atoms with van der Waals surface area (Å²) in [6, 6.07) is 0.905. The summed E-state index contributed by atoms with van der Waals surface area (Å²) in [7, 11) is 0. The number of nitro groups is 1. The number of amides is 1. The van der Waals surface area contributed by atoms with E-state index in [0.717, 1.165) is 9.88 Å². The van der Waals surface area contributed by atoms with E-state index in [1.165, 1.54) is 11.3 Å². The van der Waals surface area contributed by atoms with Crippen LogP contribution in [0.3, 0.4) is 0 Å². The van der Waals surface area contributed by atoms with Gasteiger partial charge < -0.3 is 5.32 Å². The van der Waals surface area contributed by atoms with Gasteiger partial charge in [0, 0.05) is 11.1 Å². The second kappa shape index (κ2) is 5.92. The summed E-state index contributed by atoms with van der Waals surface area (Å²) in [4.78, 5) is 26.5. The smallest absolute Gasteiger partial charge is 0.285 e. The third-order valence-corrected chi connectivity index (χ3v) is 3.49. The van der Waals surface area contributed by atoms with Crippen LogP contribution in [0, 0.1) is 28.7 Å². The fraction of sp³-hybridized carbons (Fsp3) is 0.167. The number of aryl methyl sites for hydroxylation is 1. The monoisotopic (exact) mass is 313 g/mol. The van der Waals surface area contributed by atoms with Gasteiger partial charge in [-0.3, -0.25) is 14.9 Å². The van der Waals surface area contributed by atoms with Gasteiger partial charge in [-0.1, -0.05) is 0 Å². The SMILES string of the molecule is Cc1ncc(CNC(=O)c2cc(F)c(F)cc2[N+](=O)[O-])s1. The highest BCUT2D eigenvalue weighted by molar-refractivity contribution is 7.11. The normalized spacial score (nSPS) is 10.4. The standard InChI is InChI=1S/C12H9F2N3O3S/c1-6-15-4-7(21-6)5-16-12(18)8-2-9(13)10(14)3-11(8)17(19)20/h2-4H,5H2,1H3,(H,16,18). The average molecular weight is 313 g/mol. The van der Waals surface area contributed by atoms with E-state index in [-0.39, 0.29) is 6.54 Å². The van der Waals surface area contributed by atoms with Crippen molar-refractivity contribution in [2.45, 2.75) is 13.5 Å². The van der Waals surface area contributed by atoms with Gasteiger partial charge in [-0.25, -0.2) is 13.8 Å². The molecule has 1 amide bonds. The molecule has 0 atom stereocenters. The molecule has 1 N–H and O–H groups in total. The topological polar surface area (TPSA) is 85.1 Å². The Morgan fingerprint density at radius 2 is 2.10 bits per heavy atom. The number of benzene rings is 1. The van der Waals surface area contributed by atoms with Crippen LogP contribution >= 0.6 is 11.3 Å². The highest BCUT2D eigenvalue weighted by Gasteiger charge is 2.23. The van der Waals surface area contributed by atoms with Crippen LogP contribution in [0.25, 0.3) is 0 Å². The quantitative estimate of drug-likeness (QED) is 0.694. The summed E-state index contributed by atoms with van der Waals surface area (Å²) in [6.07, 6.45) is 1.56. The Labute approximate surface area is 121 Å². The van der Waals surface area contributed by atoms with Gasteiger partial charge >= 0.3 is 0 Å². The molecule has 9 heteroatoms. The molecule has 0 spiro atoms. The fourth-order valence-corrected chi connectivity index (χ4v) is 2.35. The van der Waals surface area contributed by atoms with Crippen molar-refractivity contribution in [3.8, 4) is 0 Å². The summed E-state index contributed by atoms with van der Waals surface area (Å²) in [5.41, 5.74) is -1.31. The van der Waals surface area contributed by atoms with Crippen LogP contribution < -0.4 is 5.32 Å². The molecule has 0 saturated heterocycles. The fourth-order valence-electron chi connectivity index (χ4n) is 1.62. The van der Waals surface area contributed by atoms with Crippen molar-refractivity contribution in [1.29, 1.82) is 0 Å². The largest absolute Gasteiger partial charge is 0.347 e. The zero-order valence-corrected chi connectivity index (χ0v) is 11.5. The van der Waals surface area contributed by atoms with Gasteiger partial charge in [0.25, 0.3) is 11.6 Å². The lowest BCUT2D eigenvalue weighted by Gasteiger charge is -2.05. The van der Waals surface area contributed by atoms with Crippen molar-refractivity contribution in [3.05, 3.63) is 55.5 Å². The Morgan fingerprint density at radius 3 is 2.67 bits per heavy atom. The van der Waals surface area contributed by atoms with Crippen molar-refractivity contribution in [2.24, 2.45) is 0 Å². The zero-order chi connectivity index (χ0) is 15.6. The molecule has 2 rings (SSSR count). The van der Waals surface area contributed by atoms with Gasteiger partial charge in [-0.2, -0.15) is 0 Å². The predicted octanol–water partition coefficient (Wildman–Crippen LogP) is 2.57. The molecule has 0 saturated carbocycles. The van der Waals surface area contributed by atoms with E-state index < -0.39 is 33.7 Å². The minimum absolute atomic E-state index is 0.0977. The maximum absolute atomic E-state index is 13.2. The zero-order valence-electron chi connectivity index (χ0n) is 10.7. The van der Waals surface area contributed by atoms with Crippen LogP contribution in [0.1, 0.15) is 20.2 Å². The second-order valence-corrected chi connectivity index (χ2v) is 5.39. The Morgan fingerprint density at radius 1 is 1.43 bits per heavy atom. The lowest BCUT2D eigenvalue weighted by Crippen LogP contribution is -2.23. The number of carbonyl (C=O) groups excluding carboxylic acids is 1. The summed E-state index contributed by atoms with van der Waals surface area (Å²) in [5, 5.41) is 14.0. The number of aromatic nitrogens is 1. The molecule has 21 heavy (non-hydrogen) atoms. The van der Waals surface area contributed by atoms with E-state index >= 15 is 0 Å². The predicted molar refractivity (Wildman–Crippen MR) is 71.0 cm³/mol. The molecule has 0 radical (unpaired) electrons. The Bertz CT molecular complexity index is 718. The van der Waals surface area contributed by atoms with Crippen LogP contribution in [0.5, 0.6) is 0 Å². The van der Waals surface area contributed by atoms with E-state index in [4.69, 9.17) is 0 Å². The van der Waals surface area contributed by atoms with Gasteiger partial charge in [0.15, 0.2) is 11.6 Å². The molecule has 0 aliphatic carbocycles. The molecule has 0 aliphatic heterocycles. The Kier molecular flexibility index (Phi) is 4.22. The number of carbonyl (C=O) groups is 1. The van der Waals surface area contributed by atoms with E-state index in [0.29, 0.717) is 12.1 Å². The van der Waals surface area contributed by atoms with Crippen molar-refractivity contribution in [1.82, 2.24) is 10.3 Å². The van der Waals surface area contributed by atoms with Crippen LogP contribution in [0.15, 0.2) is 18.3 Å². The molecule has 0 unspecified atom stereocenters. The summed E-state index contributed by atoms with van der Waals surface area (Å²) in [6.45, 7) is 1.89. The van der Waals surface area contributed by atoms with E-state index in [1.54, 1.807) is 13.1 Å². The minimum Gasteiger partial charge on any atom is -0.347 e. The molecule has 1 aromatic carbocycles. The third-order valence-electron chi connectivity index (χ3n) is 2.57. The molecule has 1 aromatic heterocycles. The molecule has 0 bridgehead atoms. The van der Waals surface area contributed by atoms with Crippen molar-refractivity contribution in [3.63, 3.8) is 0 Å². The molecule has 0 fully saturated rings. The molecule has 0 aliphatic rings. The molecule has 2 aromatic rings. The van der Waals surface area contributed by atoms with Gasteiger partial charge in [-0.15, -0.1) is 11.3 Å². The number of thiazole rings is 1. The highest BCUT2D eigenvalue weighted by atomic mass is 32.1. The molecule has 1 heterocycles. The van der Waals surface area contributed by atoms with Gasteiger partial charge in [-0.05, 0) is 13.0 Å². The van der Waals surface area contributed by atoms with Crippen molar-refractivity contribution >= 4 is 22.9 Å². The first-order valence-corrected chi connectivity index (χ1v) is 6.53. The number of rotatable bonds is 4. The number of nitro benzene ring substituents is 1. The van der Waals surface area contributed by atoms with E-state index in [2.05, 4.69) is 10.3 Å². The number of halogens is 2. The molecular formula is C12H9F2N3O3S. The Balaban J connectivity index is 2.22. The van der Waals surface area contributed by atoms with Gasteiger partial charge in [0.05, 0.1) is 22.5 Å². The van der Waals surface area contributed by atoms with Crippen LogP contribution in [-0.4, -0.2) is 15.8 Å². The van der Waals surface area contributed by atoms with Crippen LogP contribution in [-0.2, 0) is 6.54 Å². The first kappa shape index (κ1) is 15.0. The molecule has 6 nitrogen and oxygen atoms in total. The molecular weight excluding hydrogens is 304 g/mol. The Hall–Kier alpha value is -2.42. The first-order valence-electron chi connectivity index (χ1n) is 5.71. The number of nitrogens with one attached hydrogen (secondary N) is 1. The van der Waals surface area contributed by atoms with Crippen molar-refractivity contribution in [2.75, 3.05) is 0 Å². The van der Waals surface area contributed by atoms with Crippen LogP contribution in [0.4, 0.5) is 14.5 Å². The summed E-state index contributed by atoms with van der Waals surface area (Å²) in [5.74, 6) is -3.55. The molecule has 110 valence electrons. The van der Waals surface area contributed by atoms with E-state index in [1.807, 2.05) is 0 Å². The number of hydrogen-bond acceptors (Lipinski definition) is 5. The lowest BCUT2D eigenvalue weighted by atomic mass is 10.1. The lowest BCUT2D eigenvalue weighted by molar-refractivity contribution is -0.385. The summed E-state index contributed by atoms with van der Waals surface area (Å²) >= 11 is 1.35. The maximum atomic E-state index is 13.2. The third kappa shape index (κ3) is 3.37. The number of hydrogen-bond donors (Lipinski definition) is 1. The first-order chi connectivity index (χ1) is 9.88. The van der Waals surface area contributed by atoms with Crippen LogP contribution in [0.2, 0.25) is 0 Å². The van der Waals surface area contributed by atoms with Gasteiger partial charge in [0.1, 0.15) is 5.56 Å². The maximum Gasteiger partial charge on any atom is 0.285 e. The van der Waals surface area contributed by atoms with Crippen molar-refractivity contribution < 1.29 is 18.5 Å². The van der Waals surface area contributed by atoms with E-state index in [9.17, 15) is 23.7 Å². The minimum atomic E-state index is -1.38. The number of nitrogens with zero attached hydrogens (tertiary/aromatic N) is 2. The highest BCUT2D eigenvalue weighted by Crippen LogP contribution is 2.22. The average Bonchev–Trinajstić information content (AvgIpc) is 2.84. The summed E-state index contributed by atoms with van der Waals surface area (Å²) < 4.78 is 26.2. The second-order valence-electron chi connectivity index (χ2n) is 4.07. The van der Waals surface area contributed by atoms with Gasteiger partial charge in [0.2, 0.25) is 0 Å².